The van der Waals surface area contributed by atoms with Gasteiger partial charge in [-0.3, -0.25) is 4.79 Å². The van der Waals surface area contributed by atoms with Crippen molar-refractivity contribution in [1.29, 1.82) is 0 Å². The summed E-state index contributed by atoms with van der Waals surface area (Å²) < 4.78 is 21.6. The largest absolute Gasteiger partial charge is 0.416 e. The fraction of sp³-hybridized carbons (Fsp3) is 0.300. The molecule has 10 heteroatoms. The molecule has 30 heavy (non-hydrogen) atoms. The Hall–Kier alpha value is -3.04. The molecule has 1 aliphatic heterocycles. The van der Waals surface area contributed by atoms with Gasteiger partial charge >= 0.3 is 0 Å². The molecule has 0 atom stereocenters. The highest BCUT2D eigenvalue weighted by Crippen LogP contribution is 2.32. The van der Waals surface area contributed by atoms with E-state index in [2.05, 4.69) is 25.6 Å². The zero-order valence-electron chi connectivity index (χ0n) is 16.2. The molecule has 4 aromatic rings. The minimum Gasteiger partial charge on any atom is -0.416 e. The van der Waals surface area contributed by atoms with Crippen LogP contribution in [0.4, 0.5) is 4.39 Å². The van der Waals surface area contributed by atoms with Crippen molar-refractivity contribution in [1.82, 2.24) is 30.1 Å². The molecule has 1 aliphatic rings. The van der Waals surface area contributed by atoms with Crippen molar-refractivity contribution in [2.24, 2.45) is 0 Å². The quantitative estimate of drug-likeness (QED) is 0.518. The second kappa shape index (κ2) is 8.00. The summed E-state index contributed by atoms with van der Waals surface area (Å²) in [5.74, 6) is 0.0633. The number of piperidine rings is 1. The number of rotatable bonds is 3. The number of aryl methyl sites for hydroxylation is 1. The second-order valence-corrected chi connectivity index (χ2v) is 7.20. The highest BCUT2D eigenvalue weighted by atomic mass is 35.5. The normalized spacial score (nSPS) is 14.7. The van der Waals surface area contributed by atoms with Crippen LogP contribution in [0.15, 0.2) is 39.5 Å². The summed E-state index contributed by atoms with van der Waals surface area (Å²) in [6, 6.07) is 7.82. The van der Waals surface area contributed by atoms with E-state index < -0.39 is 5.82 Å². The molecule has 5 rings (SSSR count). The van der Waals surface area contributed by atoms with Crippen LogP contribution in [0.25, 0.3) is 28.6 Å². The average Bonchev–Trinajstić information content (AvgIpc) is 3.32. The fourth-order valence-corrected chi connectivity index (χ4v) is 3.91. The number of hydrogen-bond donors (Lipinski definition) is 2. The van der Waals surface area contributed by atoms with E-state index in [4.69, 9.17) is 4.42 Å². The Morgan fingerprint density at radius 2 is 1.90 bits per heavy atom. The molecule has 3 aromatic heterocycles. The maximum absolute atomic E-state index is 14.1. The van der Waals surface area contributed by atoms with Crippen molar-refractivity contribution in [3.63, 3.8) is 0 Å². The Morgan fingerprint density at radius 1 is 1.17 bits per heavy atom. The third-order valence-electron chi connectivity index (χ3n) is 5.33. The van der Waals surface area contributed by atoms with Crippen LogP contribution in [0.1, 0.15) is 30.1 Å². The van der Waals surface area contributed by atoms with Gasteiger partial charge in [-0.2, -0.15) is 5.10 Å². The zero-order valence-corrected chi connectivity index (χ0v) is 17.0. The number of fused-ring (bicyclic) bond motifs is 1. The summed E-state index contributed by atoms with van der Waals surface area (Å²) in [6.45, 7) is 3.63. The number of aromatic amines is 1. The fourth-order valence-electron chi connectivity index (χ4n) is 3.91. The second-order valence-electron chi connectivity index (χ2n) is 7.20. The van der Waals surface area contributed by atoms with Crippen LogP contribution in [-0.4, -0.2) is 37.9 Å². The van der Waals surface area contributed by atoms with Gasteiger partial charge in [0.1, 0.15) is 17.0 Å². The summed E-state index contributed by atoms with van der Waals surface area (Å²) in [6.07, 6.45) is 1.87. The molecular formula is C20H20ClFN6O2. The molecule has 156 valence electrons. The minimum absolute atomic E-state index is 0. The van der Waals surface area contributed by atoms with E-state index in [1.54, 1.807) is 28.8 Å². The highest BCUT2D eigenvalue weighted by molar-refractivity contribution is 5.85. The van der Waals surface area contributed by atoms with E-state index in [1.807, 2.05) is 6.92 Å². The molecule has 8 nitrogen and oxygen atoms in total. The van der Waals surface area contributed by atoms with Gasteiger partial charge in [-0.15, -0.1) is 22.6 Å². The molecule has 0 spiro atoms. The van der Waals surface area contributed by atoms with Gasteiger partial charge in [0.05, 0.1) is 17.0 Å². The van der Waals surface area contributed by atoms with Gasteiger partial charge in [0, 0.05) is 12.0 Å². The van der Waals surface area contributed by atoms with E-state index in [-0.39, 0.29) is 41.2 Å². The van der Waals surface area contributed by atoms with Gasteiger partial charge in [0.2, 0.25) is 0 Å². The number of benzene rings is 1. The molecule has 1 aromatic carbocycles. The Kier molecular flexibility index (Phi) is 5.40. The number of H-pyrrole nitrogens is 1. The van der Waals surface area contributed by atoms with E-state index in [0.717, 1.165) is 31.6 Å². The predicted octanol–water partition coefficient (Wildman–Crippen LogP) is 3.08. The maximum atomic E-state index is 14.1. The van der Waals surface area contributed by atoms with E-state index in [1.165, 1.54) is 6.07 Å². The van der Waals surface area contributed by atoms with E-state index in [9.17, 15) is 9.18 Å². The Bertz CT molecular complexity index is 1260. The topological polar surface area (TPSA) is 101 Å². The lowest BCUT2D eigenvalue weighted by molar-refractivity contribution is 0.446. The number of halogens is 2. The van der Waals surface area contributed by atoms with Crippen LogP contribution in [0.3, 0.4) is 0 Å². The Labute approximate surface area is 176 Å². The molecule has 0 unspecified atom stereocenters. The molecule has 2 N–H and O–H groups in total. The summed E-state index contributed by atoms with van der Waals surface area (Å²) >= 11 is 0. The molecule has 0 amide bonds. The number of hydrogen-bond acceptors (Lipinski definition) is 6. The zero-order chi connectivity index (χ0) is 20.0. The average molecular weight is 431 g/mol. The van der Waals surface area contributed by atoms with Gasteiger partial charge in [0.15, 0.2) is 0 Å². The lowest BCUT2D eigenvalue weighted by Crippen LogP contribution is -2.28. The number of nitrogens with one attached hydrogen (secondary N) is 2. The van der Waals surface area contributed by atoms with E-state index in [0.29, 0.717) is 16.9 Å². The van der Waals surface area contributed by atoms with Gasteiger partial charge in [-0.25, -0.2) is 8.91 Å². The van der Waals surface area contributed by atoms with Gasteiger partial charge in [-0.05, 0) is 45.0 Å². The van der Waals surface area contributed by atoms with Gasteiger partial charge < -0.3 is 14.7 Å². The molecule has 1 saturated heterocycles. The summed E-state index contributed by atoms with van der Waals surface area (Å²) in [5.41, 5.74) is 2.59. The number of nitrogens with zero attached hydrogens (tertiary/aromatic N) is 4. The lowest BCUT2D eigenvalue weighted by Gasteiger charge is -2.23. The van der Waals surface area contributed by atoms with E-state index >= 15 is 0 Å². The van der Waals surface area contributed by atoms with Crippen LogP contribution < -0.4 is 10.9 Å². The van der Waals surface area contributed by atoms with Crippen LogP contribution >= 0.6 is 12.4 Å². The maximum Gasteiger partial charge on any atom is 0.253 e. The van der Waals surface area contributed by atoms with Crippen molar-refractivity contribution < 1.29 is 8.81 Å². The van der Waals surface area contributed by atoms with Crippen LogP contribution in [0.5, 0.6) is 0 Å². The first-order valence-electron chi connectivity index (χ1n) is 9.54. The lowest BCUT2D eigenvalue weighted by atomic mass is 9.94. The molecule has 0 bridgehead atoms. The molecule has 0 aliphatic carbocycles. The summed E-state index contributed by atoms with van der Waals surface area (Å²) in [4.78, 5) is 15.2. The molecule has 0 saturated carbocycles. The monoisotopic (exact) mass is 430 g/mol. The predicted molar refractivity (Wildman–Crippen MR) is 111 cm³/mol. The molecule has 4 heterocycles. The van der Waals surface area contributed by atoms with Crippen LogP contribution in [-0.2, 0) is 0 Å². The number of aromatic nitrogens is 5. The molecule has 0 radical (unpaired) electrons. The highest BCUT2D eigenvalue weighted by Gasteiger charge is 2.25. The first kappa shape index (κ1) is 20.2. The van der Waals surface area contributed by atoms with Crippen molar-refractivity contribution >= 4 is 18.1 Å². The molecule has 1 fully saturated rings. The Balaban J connectivity index is 0.00000218. The van der Waals surface area contributed by atoms with Crippen molar-refractivity contribution in [2.75, 3.05) is 13.1 Å². The standard InChI is InChI=1S/C20H19FN6O2.ClH/c1-11-17(20-25-24-19(29-20)13-4-2-3-5-14(13)21)18-23-16(28)10-15(27(18)26-11)12-6-8-22-9-7-12;/h2-5,10,12,22H,6-9H2,1H3,(H,23,28);1H. The first-order valence-corrected chi connectivity index (χ1v) is 9.54. The first-order chi connectivity index (χ1) is 14.1. The van der Waals surface area contributed by atoms with Crippen molar-refractivity contribution in [2.45, 2.75) is 25.7 Å². The summed E-state index contributed by atoms with van der Waals surface area (Å²) in [7, 11) is 0. The third-order valence-corrected chi connectivity index (χ3v) is 5.33. The van der Waals surface area contributed by atoms with Crippen LogP contribution in [0, 0.1) is 12.7 Å². The summed E-state index contributed by atoms with van der Waals surface area (Å²) in [5, 5.41) is 16.0. The SMILES string of the molecule is Cc1nn2c(C3CCNCC3)cc(=O)[nH]c2c1-c1nnc(-c2ccccc2F)o1.Cl. The Morgan fingerprint density at radius 3 is 2.67 bits per heavy atom. The molecular weight excluding hydrogens is 411 g/mol. The van der Waals surface area contributed by atoms with Crippen molar-refractivity contribution in [3.05, 3.63) is 57.9 Å². The smallest absolute Gasteiger partial charge is 0.253 e. The minimum atomic E-state index is -0.444. The van der Waals surface area contributed by atoms with Gasteiger partial charge in [0.25, 0.3) is 17.3 Å². The van der Waals surface area contributed by atoms with Crippen molar-refractivity contribution in [3.8, 4) is 22.9 Å². The van der Waals surface area contributed by atoms with Gasteiger partial charge in [-0.1, -0.05) is 12.1 Å². The third kappa shape index (κ3) is 3.40. The van der Waals surface area contributed by atoms with Crippen LogP contribution in [0.2, 0.25) is 0 Å².